The minimum atomic E-state index is -1.38. The van der Waals surface area contributed by atoms with Crippen molar-refractivity contribution in [3.8, 4) is 0 Å². The number of carbonyl (C=O) groups is 5. The van der Waals surface area contributed by atoms with Crippen LogP contribution < -0.4 is 5.32 Å². The molecule has 1 heterocycles. The summed E-state index contributed by atoms with van der Waals surface area (Å²) >= 11 is 0. The van der Waals surface area contributed by atoms with Gasteiger partial charge in [0.2, 0.25) is 5.76 Å². The predicted octanol–water partition coefficient (Wildman–Crippen LogP) is 1.15. The zero-order valence-electron chi connectivity index (χ0n) is 19.8. The van der Waals surface area contributed by atoms with Crippen LogP contribution in [0.4, 0.5) is 4.79 Å². The van der Waals surface area contributed by atoms with E-state index < -0.39 is 66.5 Å². The molecule has 0 spiro atoms. The van der Waals surface area contributed by atoms with Crippen LogP contribution in [0.5, 0.6) is 0 Å². The molecule has 0 radical (unpaired) electrons. The molecule has 0 aliphatic carbocycles. The topological polar surface area (TPSA) is 153 Å². The molecule has 4 unspecified atom stereocenters. The Morgan fingerprint density at radius 1 is 1.06 bits per heavy atom. The summed E-state index contributed by atoms with van der Waals surface area (Å²) in [7, 11) is 1.15. The largest absolute Gasteiger partial charge is 0.477 e. The summed E-state index contributed by atoms with van der Waals surface area (Å²) in [6.07, 6.45) is -3.25. The third kappa shape index (κ3) is 9.79. The Kier molecular flexibility index (Phi) is 10.1. The number of amides is 1. The van der Waals surface area contributed by atoms with E-state index in [1.807, 2.05) is 0 Å². The van der Waals surface area contributed by atoms with Gasteiger partial charge in [0.15, 0.2) is 18.3 Å². The number of rotatable bonds is 8. The van der Waals surface area contributed by atoms with Gasteiger partial charge in [0.1, 0.15) is 12.2 Å². The van der Waals surface area contributed by atoms with Gasteiger partial charge in [-0.15, -0.1) is 0 Å². The lowest BCUT2D eigenvalue weighted by Gasteiger charge is -2.38. The molecule has 186 valence electrons. The van der Waals surface area contributed by atoms with E-state index >= 15 is 0 Å². The first-order valence-corrected chi connectivity index (χ1v) is 10.2. The van der Waals surface area contributed by atoms with Gasteiger partial charge in [-0.1, -0.05) is 0 Å². The highest BCUT2D eigenvalue weighted by Gasteiger charge is 2.45. The molecule has 0 saturated heterocycles. The zero-order chi connectivity index (χ0) is 25.3. The summed E-state index contributed by atoms with van der Waals surface area (Å²) in [5.74, 6) is -3.19. The van der Waals surface area contributed by atoms with Crippen molar-refractivity contribution in [1.29, 1.82) is 0 Å². The Bertz CT molecular complexity index is 784. The number of methoxy groups -OCH3 is 1. The van der Waals surface area contributed by atoms with Gasteiger partial charge in [-0.2, -0.15) is 0 Å². The van der Waals surface area contributed by atoms with Crippen molar-refractivity contribution < 1.29 is 52.4 Å². The molecule has 12 heteroatoms. The number of nitrogens with one attached hydrogen (secondary N) is 1. The highest BCUT2D eigenvalue weighted by Crippen LogP contribution is 2.26. The molecule has 0 fully saturated rings. The molecule has 0 aromatic rings. The average molecular weight is 473 g/mol. The maximum absolute atomic E-state index is 12.4. The van der Waals surface area contributed by atoms with E-state index in [1.165, 1.54) is 6.08 Å². The predicted molar refractivity (Wildman–Crippen MR) is 110 cm³/mol. The summed E-state index contributed by atoms with van der Waals surface area (Å²) in [5.41, 5.74) is -0.799. The van der Waals surface area contributed by atoms with E-state index in [4.69, 9.17) is 23.7 Å². The van der Waals surface area contributed by atoms with E-state index in [9.17, 15) is 24.0 Å². The fraction of sp³-hybridized carbons (Fsp3) is 0.667. The molecular formula is C21H31NO11. The Labute approximate surface area is 191 Å². The smallest absolute Gasteiger partial charge is 0.408 e. The Morgan fingerprint density at radius 3 is 2.15 bits per heavy atom. The van der Waals surface area contributed by atoms with E-state index in [-0.39, 0.29) is 12.2 Å². The summed E-state index contributed by atoms with van der Waals surface area (Å²) in [6, 6.07) is -0.881. The maximum atomic E-state index is 12.4. The van der Waals surface area contributed by atoms with Crippen molar-refractivity contribution in [3.63, 3.8) is 0 Å². The number of carbonyl (C=O) groups excluding carboxylic acids is 5. The van der Waals surface area contributed by atoms with Gasteiger partial charge >= 0.3 is 30.0 Å². The quantitative estimate of drug-likeness (QED) is 0.399. The van der Waals surface area contributed by atoms with Crippen molar-refractivity contribution in [2.45, 2.75) is 77.9 Å². The molecule has 0 saturated carbocycles. The minimum absolute atomic E-state index is 0.0620. The number of hydrogen-bond donors (Lipinski definition) is 1. The summed E-state index contributed by atoms with van der Waals surface area (Å²) < 4.78 is 31.2. The van der Waals surface area contributed by atoms with Crippen LogP contribution in [0.25, 0.3) is 0 Å². The highest BCUT2D eigenvalue weighted by molar-refractivity contribution is 5.86. The van der Waals surface area contributed by atoms with Crippen LogP contribution in [0.15, 0.2) is 11.8 Å². The lowest BCUT2D eigenvalue weighted by molar-refractivity contribution is -0.187. The minimum Gasteiger partial charge on any atom is -0.477 e. The second-order valence-electron chi connectivity index (χ2n) is 8.16. The second-order valence-corrected chi connectivity index (χ2v) is 8.16. The number of ether oxygens (including phenoxy) is 6. The summed E-state index contributed by atoms with van der Waals surface area (Å²) in [5, 5.41) is 2.61. The first kappa shape index (κ1) is 27.7. The molecule has 12 nitrogen and oxygen atoms in total. The summed E-state index contributed by atoms with van der Waals surface area (Å²) in [4.78, 5) is 59.3. The van der Waals surface area contributed by atoms with Gasteiger partial charge in [-0.3, -0.25) is 14.4 Å². The van der Waals surface area contributed by atoms with Crippen molar-refractivity contribution in [3.05, 3.63) is 11.8 Å². The van der Waals surface area contributed by atoms with E-state index in [0.29, 0.717) is 0 Å². The number of esters is 4. The van der Waals surface area contributed by atoms with Crippen molar-refractivity contribution in [1.82, 2.24) is 5.32 Å². The molecule has 4 atom stereocenters. The fourth-order valence-corrected chi connectivity index (χ4v) is 2.93. The molecule has 1 rings (SSSR count). The van der Waals surface area contributed by atoms with Crippen molar-refractivity contribution in [2.75, 3.05) is 13.7 Å². The van der Waals surface area contributed by atoms with Crippen LogP contribution in [-0.4, -0.2) is 73.6 Å². The molecule has 1 amide bonds. The monoisotopic (exact) mass is 473 g/mol. The zero-order valence-corrected chi connectivity index (χ0v) is 19.8. The van der Waals surface area contributed by atoms with Gasteiger partial charge in [-0.25, -0.2) is 9.59 Å². The maximum Gasteiger partial charge on any atom is 0.408 e. The van der Waals surface area contributed by atoms with Crippen molar-refractivity contribution >= 4 is 30.0 Å². The summed E-state index contributed by atoms with van der Waals surface area (Å²) in [6.45, 7) is 7.93. The van der Waals surface area contributed by atoms with Gasteiger partial charge in [0, 0.05) is 20.8 Å². The molecule has 33 heavy (non-hydrogen) atoms. The molecule has 0 bridgehead atoms. The van der Waals surface area contributed by atoms with Gasteiger partial charge in [0.05, 0.1) is 13.2 Å². The van der Waals surface area contributed by atoms with Crippen LogP contribution in [-0.2, 0) is 47.6 Å². The van der Waals surface area contributed by atoms with Gasteiger partial charge in [-0.05, 0) is 33.3 Å². The molecule has 1 aliphatic heterocycles. The Hall–Kier alpha value is -3.31. The Morgan fingerprint density at radius 2 is 1.67 bits per heavy atom. The lowest BCUT2D eigenvalue weighted by Crippen LogP contribution is -2.57. The molecular weight excluding hydrogens is 442 g/mol. The lowest BCUT2D eigenvalue weighted by atomic mass is 9.95. The van der Waals surface area contributed by atoms with Crippen LogP contribution in [0.1, 0.15) is 48.0 Å². The van der Waals surface area contributed by atoms with Crippen LogP contribution in [0.2, 0.25) is 0 Å². The van der Waals surface area contributed by atoms with Crippen LogP contribution >= 0.6 is 0 Å². The standard InChI is InChI=1S/C21H31NO11/c1-11(23)29-10-16(30-12(2)24)18(31-13(3)25)17-14(22-20(27)33-21(4,5)6)8-9-15(32-17)19(26)28-7/h9,14,16-18H,8,10H2,1-7H3,(H,22,27). The fourth-order valence-electron chi connectivity index (χ4n) is 2.93. The normalized spacial score (nSPS) is 19.5. The first-order valence-electron chi connectivity index (χ1n) is 10.2. The molecule has 1 N–H and O–H groups in total. The molecule has 0 aromatic heterocycles. The number of alkyl carbamates (subject to hydrolysis) is 1. The van der Waals surface area contributed by atoms with Crippen molar-refractivity contribution in [2.24, 2.45) is 0 Å². The molecule has 0 aromatic carbocycles. The Balaban J connectivity index is 3.35. The van der Waals surface area contributed by atoms with Crippen LogP contribution in [0, 0.1) is 0 Å². The van der Waals surface area contributed by atoms with Gasteiger partial charge < -0.3 is 33.7 Å². The van der Waals surface area contributed by atoms with E-state index in [1.54, 1.807) is 20.8 Å². The SMILES string of the molecule is COC(=O)C1=CCC(NC(=O)OC(C)(C)C)C(C(OC(C)=O)C(COC(C)=O)OC(C)=O)O1. The van der Waals surface area contributed by atoms with E-state index in [2.05, 4.69) is 10.1 Å². The third-order valence-corrected chi connectivity index (χ3v) is 4.07. The van der Waals surface area contributed by atoms with Gasteiger partial charge in [0.25, 0.3) is 0 Å². The second kappa shape index (κ2) is 12.1. The molecule has 1 aliphatic rings. The number of hydrogen-bond acceptors (Lipinski definition) is 11. The first-order chi connectivity index (χ1) is 15.2. The average Bonchev–Trinajstić information content (AvgIpc) is 2.67. The third-order valence-electron chi connectivity index (χ3n) is 4.07. The van der Waals surface area contributed by atoms with Crippen LogP contribution in [0.3, 0.4) is 0 Å². The van der Waals surface area contributed by atoms with E-state index in [0.717, 1.165) is 27.9 Å². The highest BCUT2D eigenvalue weighted by atomic mass is 16.6.